The topological polar surface area (TPSA) is 39.0 Å². The first-order valence-corrected chi connectivity index (χ1v) is 12.0. The molecule has 9 heteroatoms. The minimum absolute atomic E-state index is 0.773. The fraction of sp³-hybridized carbons (Fsp3) is 1.00. The average molecular weight is 458 g/mol. The first-order valence-electron chi connectivity index (χ1n) is 10.4. The summed E-state index contributed by atoms with van der Waals surface area (Å²) in [6, 6.07) is 0. The Morgan fingerprint density at radius 2 is 0.741 bits per heavy atom. The molecule has 0 saturated heterocycles. The number of hydrogen-bond acceptors (Lipinski definition) is 9. The first-order chi connectivity index (χ1) is 13.0. The van der Waals surface area contributed by atoms with Crippen LogP contribution in [-0.2, 0) is 0 Å². The van der Waals surface area contributed by atoms with Gasteiger partial charge in [0, 0.05) is 52.4 Å². The molecule has 0 bridgehead atoms. The molecule has 0 aliphatic rings. The van der Waals surface area contributed by atoms with Crippen LogP contribution in [0.5, 0.6) is 0 Å². The summed E-state index contributed by atoms with van der Waals surface area (Å²) in [5, 5.41) is 0. The third-order valence-electron chi connectivity index (χ3n) is 4.48. The molecule has 5 nitrogen and oxygen atoms in total. The van der Waals surface area contributed by atoms with Gasteiger partial charge in [-0.15, -0.1) is 0 Å². The SMILES string of the molecule is CCN(S)CCCCN(S)CCCCN(S)CCCCN(S)CCCCN. The van der Waals surface area contributed by atoms with Crippen LogP contribution < -0.4 is 5.73 Å². The van der Waals surface area contributed by atoms with E-state index in [0.29, 0.717) is 0 Å². The summed E-state index contributed by atoms with van der Waals surface area (Å²) < 4.78 is 8.45. The van der Waals surface area contributed by atoms with Crippen LogP contribution in [-0.4, -0.2) is 76.1 Å². The Hall–Kier alpha value is 1.20. The van der Waals surface area contributed by atoms with Gasteiger partial charge in [-0.1, -0.05) is 58.2 Å². The molecule has 27 heavy (non-hydrogen) atoms. The van der Waals surface area contributed by atoms with Gasteiger partial charge in [0.2, 0.25) is 0 Å². The van der Waals surface area contributed by atoms with Crippen LogP contribution in [0, 0.1) is 0 Å². The van der Waals surface area contributed by atoms with E-state index in [2.05, 4.69) is 75.4 Å². The number of nitrogens with two attached hydrogens (primary N) is 1. The second-order valence-electron chi connectivity index (χ2n) is 7.02. The van der Waals surface area contributed by atoms with Crippen LogP contribution in [0.15, 0.2) is 0 Å². The molecule has 0 fully saturated rings. The molecular weight excluding hydrogens is 415 g/mol. The van der Waals surface area contributed by atoms with E-state index in [-0.39, 0.29) is 0 Å². The molecule has 0 rings (SSSR count). The predicted molar refractivity (Wildman–Crippen MR) is 134 cm³/mol. The third-order valence-corrected chi connectivity index (χ3v) is 6.17. The lowest BCUT2D eigenvalue weighted by Gasteiger charge is -2.19. The van der Waals surface area contributed by atoms with E-state index in [1.165, 1.54) is 25.7 Å². The van der Waals surface area contributed by atoms with Crippen molar-refractivity contribution in [3.05, 3.63) is 0 Å². The van der Waals surface area contributed by atoms with Crippen LogP contribution in [0.3, 0.4) is 0 Å². The van der Waals surface area contributed by atoms with Crippen LogP contribution in [0.4, 0.5) is 0 Å². The highest BCUT2D eigenvalue weighted by atomic mass is 32.1. The predicted octanol–water partition coefficient (Wildman–Crippen LogP) is 3.67. The van der Waals surface area contributed by atoms with Crippen LogP contribution in [0.2, 0.25) is 0 Å². The molecule has 2 N–H and O–H groups in total. The Kier molecular flexibility index (Phi) is 21.4. The largest absolute Gasteiger partial charge is 0.330 e. The van der Waals surface area contributed by atoms with E-state index in [1.807, 2.05) is 0 Å². The van der Waals surface area contributed by atoms with Gasteiger partial charge >= 0.3 is 0 Å². The van der Waals surface area contributed by atoms with E-state index in [0.717, 1.165) is 84.6 Å². The van der Waals surface area contributed by atoms with Crippen molar-refractivity contribution >= 4 is 51.3 Å². The molecule has 0 aromatic carbocycles. The monoisotopic (exact) mass is 457 g/mol. The first kappa shape index (κ1) is 28.2. The van der Waals surface area contributed by atoms with E-state index < -0.39 is 0 Å². The summed E-state index contributed by atoms with van der Waals surface area (Å²) in [6.45, 7) is 11.2. The number of unbranched alkanes of at least 4 members (excludes halogenated alkanes) is 4. The fourth-order valence-corrected chi connectivity index (χ4v) is 3.69. The molecule has 0 aromatic heterocycles. The van der Waals surface area contributed by atoms with Crippen LogP contribution in [0.1, 0.15) is 58.3 Å². The zero-order valence-electron chi connectivity index (χ0n) is 17.2. The van der Waals surface area contributed by atoms with Crippen LogP contribution >= 0.6 is 51.3 Å². The van der Waals surface area contributed by atoms with Crippen molar-refractivity contribution in [3.8, 4) is 0 Å². The molecule has 0 aliphatic heterocycles. The molecule has 0 aliphatic carbocycles. The number of rotatable bonds is 20. The molecule has 164 valence electrons. The maximum Gasteiger partial charge on any atom is 0.00874 e. The number of thiol groups is 4. The summed E-state index contributed by atoms with van der Waals surface area (Å²) in [5.41, 5.74) is 5.51. The molecule has 0 heterocycles. The Labute approximate surface area is 190 Å². The van der Waals surface area contributed by atoms with Gasteiger partial charge in [0.05, 0.1) is 0 Å². The lowest BCUT2D eigenvalue weighted by molar-refractivity contribution is 0.386. The van der Waals surface area contributed by atoms with Gasteiger partial charge in [-0.25, -0.2) is 0 Å². The Balaban J connectivity index is 3.43. The fourth-order valence-electron chi connectivity index (χ4n) is 2.70. The third kappa shape index (κ3) is 20.3. The normalized spacial score (nSPS) is 12.2. The van der Waals surface area contributed by atoms with E-state index in [4.69, 9.17) is 5.73 Å². The molecular formula is C18H43N5S4. The zero-order valence-corrected chi connectivity index (χ0v) is 20.8. The van der Waals surface area contributed by atoms with E-state index >= 15 is 0 Å². The summed E-state index contributed by atoms with van der Waals surface area (Å²) in [4.78, 5) is 0. The molecule has 0 radical (unpaired) electrons. The summed E-state index contributed by atoms with van der Waals surface area (Å²) in [6.07, 6.45) is 9.22. The van der Waals surface area contributed by atoms with Gasteiger partial charge in [-0.2, -0.15) is 0 Å². The quantitative estimate of drug-likeness (QED) is 0.142. The van der Waals surface area contributed by atoms with Crippen molar-refractivity contribution in [2.24, 2.45) is 5.73 Å². The second kappa shape index (κ2) is 20.5. The Morgan fingerprint density at radius 1 is 0.481 bits per heavy atom. The van der Waals surface area contributed by atoms with Crippen molar-refractivity contribution < 1.29 is 0 Å². The standard InChI is InChI=1S/C18H43N5S4/c1-2-20(24)12-5-6-14-22(26)16-9-10-18-23(27)17-8-7-15-21(25)13-4-3-11-19/h24-27H,2-19H2,1H3. The highest BCUT2D eigenvalue weighted by Gasteiger charge is 2.04. The summed E-state index contributed by atoms with van der Waals surface area (Å²) in [7, 11) is 0. The molecule has 0 amide bonds. The lowest BCUT2D eigenvalue weighted by atomic mass is 10.2. The average Bonchev–Trinajstić information content (AvgIpc) is 2.65. The van der Waals surface area contributed by atoms with Gasteiger partial charge in [-0.3, -0.25) is 17.2 Å². The smallest absolute Gasteiger partial charge is 0.00874 e. The molecule has 0 aromatic rings. The van der Waals surface area contributed by atoms with Gasteiger partial charge in [0.25, 0.3) is 0 Å². The Morgan fingerprint density at radius 3 is 1.00 bits per heavy atom. The molecule has 0 atom stereocenters. The summed E-state index contributed by atoms with van der Waals surface area (Å²) in [5.74, 6) is 0. The number of hydrogen-bond donors (Lipinski definition) is 5. The van der Waals surface area contributed by atoms with Gasteiger partial charge in [0.1, 0.15) is 0 Å². The van der Waals surface area contributed by atoms with Gasteiger partial charge in [0.15, 0.2) is 0 Å². The van der Waals surface area contributed by atoms with Crippen molar-refractivity contribution in [1.29, 1.82) is 0 Å². The van der Waals surface area contributed by atoms with E-state index in [9.17, 15) is 0 Å². The second-order valence-corrected chi connectivity index (χ2v) is 9.29. The molecule has 0 saturated carbocycles. The van der Waals surface area contributed by atoms with E-state index in [1.54, 1.807) is 0 Å². The maximum atomic E-state index is 5.51. The molecule has 0 unspecified atom stereocenters. The van der Waals surface area contributed by atoms with Crippen molar-refractivity contribution in [3.63, 3.8) is 0 Å². The highest BCUT2D eigenvalue weighted by Crippen LogP contribution is 2.07. The molecule has 0 spiro atoms. The van der Waals surface area contributed by atoms with Gasteiger partial charge in [-0.05, 0) is 57.9 Å². The minimum Gasteiger partial charge on any atom is -0.330 e. The maximum absolute atomic E-state index is 5.51. The number of nitrogens with zero attached hydrogens (tertiary/aromatic N) is 4. The summed E-state index contributed by atoms with van der Waals surface area (Å²) >= 11 is 18.0. The van der Waals surface area contributed by atoms with Crippen molar-refractivity contribution in [2.45, 2.75) is 58.3 Å². The minimum atomic E-state index is 0.773. The lowest BCUT2D eigenvalue weighted by Crippen LogP contribution is -2.21. The highest BCUT2D eigenvalue weighted by molar-refractivity contribution is 7.78. The van der Waals surface area contributed by atoms with Crippen LogP contribution in [0.25, 0.3) is 0 Å². The van der Waals surface area contributed by atoms with Crippen molar-refractivity contribution in [2.75, 3.05) is 58.9 Å². The van der Waals surface area contributed by atoms with Gasteiger partial charge < -0.3 is 5.73 Å². The van der Waals surface area contributed by atoms with Crippen molar-refractivity contribution in [1.82, 2.24) is 17.2 Å². The zero-order chi connectivity index (χ0) is 20.3. The Bertz CT molecular complexity index is 315.